The lowest BCUT2D eigenvalue weighted by Crippen LogP contribution is -2.36. The van der Waals surface area contributed by atoms with Crippen LogP contribution in [-0.4, -0.2) is 39.0 Å². The van der Waals surface area contributed by atoms with Crippen LogP contribution in [0.3, 0.4) is 0 Å². The molecular formula is C11H18N6O2S. The summed E-state index contributed by atoms with van der Waals surface area (Å²) in [6.07, 6.45) is 2.96. The molecule has 1 atom stereocenters. The summed E-state index contributed by atoms with van der Waals surface area (Å²) in [6, 6.07) is -0.305. The van der Waals surface area contributed by atoms with Crippen LogP contribution in [0.5, 0.6) is 0 Å². The second kappa shape index (κ2) is 5.33. The summed E-state index contributed by atoms with van der Waals surface area (Å²) in [5, 5.41) is 8.08. The SMILES string of the molecule is Cc1nn(C)c(C)c1S(=O)(=O)NC(C)Cn1cncn1. The van der Waals surface area contributed by atoms with Gasteiger partial charge in [0, 0.05) is 13.1 Å². The molecule has 2 aromatic heterocycles. The Labute approximate surface area is 117 Å². The van der Waals surface area contributed by atoms with Crippen LogP contribution in [0.15, 0.2) is 17.6 Å². The average molecular weight is 298 g/mol. The molecule has 0 aliphatic heterocycles. The van der Waals surface area contributed by atoms with Gasteiger partial charge in [-0.1, -0.05) is 0 Å². The fraction of sp³-hybridized carbons (Fsp3) is 0.545. The van der Waals surface area contributed by atoms with Gasteiger partial charge in [0.15, 0.2) is 0 Å². The van der Waals surface area contributed by atoms with Crippen molar-refractivity contribution in [1.82, 2.24) is 29.3 Å². The highest BCUT2D eigenvalue weighted by molar-refractivity contribution is 7.89. The normalized spacial score (nSPS) is 13.6. The van der Waals surface area contributed by atoms with Crippen LogP contribution in [0.1, 0.15) is 18.3 Å². The van der Waals surface area contributed by atoms with E-state index >= 15 is 0 Å². The first-order valence-corrected chi connectivity index (χ1v) is 7.64. The van der Waals surface area contributed by atoms with E-state index in [9.17, 15) is 8.42 Å². The van der Waals surface area contributed by atoms with E-state index in [1.165, 1.54) is 6.33 Å². The minimum atomic E-state index is -3.60. The smallest absolute Gasteiger partial charge is 0.244 e. The van der Waals surface area contributed by atoms with Gasteiger partial charge in [-0.15, -0.1) is 0 Å². The molecule has 1 N–H and O–H groups in total. The summed E-state index contributed by atoms with van der Waals surface area (Å²) >= 11 is 0. The zero-order valence-corrected chi connectivity index (χ0v) is 12.7. The molecule has 0 saturated heterocycles. The van der Waals surface area contributed by atoms with Gasteiger partial charge < -0.3 is 0 Å². The Kier molecular flexibility index (Phi) is 3.91. The Morgan fingerprint density at radius 3 is 2.60 bits per heavy atom. The third kappa shape index (κ3) is 2.88. The molecule has 0 amide bonds. The maximum atomic E-state index is 12.4. The van der Waals surface area contributed by atoms with Crippen molar-refractivity contribution in [2.24, 2.45) is 7.05 Å². The van der Waals surface area contributed by atoms with Gasteiger partial charge in [0.25, 0.3) is 0 Å². The second-order valence-corrected chi connectivity index (χ2v) is 6.41. The van der Waals surface area contributed by atoms with E-state index in [1.807, 2.05) is 0 Å². The minimum absolute atomic E-state index is 0.241. The number of aromatic nitrogens is 5. The highest BCUT2D eigenvalue weighted by atomic mass is 32.2. The predicted molar refractivity (Wildman–Crippen MR) is 72.5 cm³/mol. The Hall–Kier alpha value is -1.74. The molecule has 0 saturated carbocycles. The highest BCUT2D eigenvalue weighted by Crippen LogP contribution is 2.18. The number of hydrogen-bond acceptors (Lipinski definition) is 5. The molecule has 2 heterocycles. The monoisotopic (exact) mass is 298 g/mol. The van der Waals surface area contributed by atoms with E-state index in [4.69, 9.17) is 0 Å². The molecule has 20 heavy (non-hydrogen) atoms. The van der Waals surface area contributed by atoms with Gasteiger partial charge in [0.2, 0.25) is 10.0 Å². The van der Waals surface area contributed by atoms with Gasteiger partial charge in [-0.3, -0.25) is 9.36 Å². The number of nitrogens with zero attached hydrogens (tertiary/aromatic N) is 5. The van der Waals surface area contributed by atoms with Crippen LogP contribution in [0.2, 0.25) is 0 Å². The number of sulfonamides is 1. The Bertz CT molecular complexity index is 689. The summed E-state index contributed by atoms with van der Waals surface area (Å²) in [4.78, 5) is 4.06. The zero-order chi connectivity index (χ0) is 14.9. The van der Waals surface area contributed by atoms with Crippen molar-refractivity contribution in [3.63, 3.8) is 0 Å². The number of hydrogen-bond donors (Lipinski definition) is 1. The van der Waals surface area contributed by atoms with Crippen molar-refractivity contribution >= 4 is 10.0 Å². The van der Waals surface area contributed by atoms with E-state index in [0.717, 1.165) is 0 Å². The van der Waals surface area contributed by atoms with Crippen LogP contribution >= 0.6 is 0 Å². The van der Waals surface area contributed by atoms with E-state index in [-0.39, 0.29) is 10.9 Å². The largest absolute Gasteiger partial charge is 0.271 e. The summed E-state index contributed by atoms with van der Waals surface area (Å²) in [5.41, 5.74) is 1.11. The van der Waals surface area contributed by atoms with Gasteiger partial charge in [-0.05, 0) is 20.8 Å². The third-order valence-corrected chi connectivity index (χ3v) is 4.84. The Balaban J connectivity index is 2.19. The molecule has 0 fully saturated rings. The molecule has 0 aliphatic rings. The molecule has 2 rings (SSSR count). The highest BCUT2D eigenvalue weighted by Gasteiger charge is 2.25. The zero-order valence-electron chi connectivity index (χ0n) is 11.9. The van der Waals surface area contributed by atoms with E-state index < -0.39 is 10.0 Å². The molecular weight excluding hydrogens is 280 g/mol. The topological polar surface area (TPSA) is 94.7 Å². The first-order chi connectivity index (χ1) is 9.31. The molecule has 110 valence electrons. The van der Waals surface area contributed by atoms with Crippen LogP contribution in [0.25, 0.3) is 0 Å². The van der Waals surface area contributed by atoms with Crippen LogP contribution < -0.4 is 4.72 Å². The fourth-order valence-corrected chi connectivity index (χ4v) is 3.78. The second-order valence-electron chi connectivity index (χ2n) is 4.76. The molecule has 1 unspecified atom stereocenters. The minimum Gasteiger partial charge on any atom is -0.271 e. The maximum Gasteiger partial charge on any atom is 0.244 e. The van der Waals surface area contributed by atoms with Gasteiger partial charge in [0.1, 0.15) is 17.6 Å². The molecule has 0 aromatic carbocycles. The average Bonchev–Trinajstić information content (AvgIpc) is 2.87. The van der Waals surface area contributed by atoms with Crippen LogP contribution in [0, 0.1) is 13.8 Å². The first kappa shape index (κ1) is 14.7. The number of aryl methyl sites for hydroxylation is 2. The Morgan fingerprint density at radius 1 is 1.40 bits per heavy atom. The van der Waals surface area contributed by atoms with Crippen molar-refractivity contribution in [2.75, 3.05) is 0 Å². The van der Waals surface area contributed by atoms with E-state index in [2.05, 4.69) is 19.9 Å². The van der Waals surface area contributed by atoms with E-state index in [1.54, 1.807) is 43.5 Å². The summed E-state index contributed by atoms with van der Waals surface area (Å²) in [6.45, 7) is 5.61. The molecule has 8 nitrogen and oxygen atoms in total. The molecule has 0 aliphatic carbocycles. The van der Waals surface area contributed by atoms with Crippen LogP contribution in [-0.2, 0) is 23.6 Å². The van der Waals surface area contributed by atoms with E-state index in [0.29, 0.717) is 17.9 Å². The first-order valence-electron chi connectivity index (χ1n) is 6.16. The summed E-state index contributed by atoms with van der Waals surface area (Å²) in [5.74, 6) is 0. The number of rotatable bonds is 5. The summed E-state index contributed by atoms with van der Waals surface area (Å²) < 4.78 is 30.6. The standard InChI is InChI=1S/C11H18N6O2S/c1-8(5-17-7-12-6-13-17)15-20(18,19)11-9(2)14-16(4)10(11)3/h6-8,15H,5H2,1-4H3. The quantitative estimate of drug-likeness (QED) is 0.838. The Morgan fingerprint density at radius 2 is 2.10 bits per heavy atom. The number of nitrogens with one attached hydrogen (secondary N) is 1. The van der Waals surface area contributed by atoms with Gasteiger partial charge in [-0.2, -0.15) is 10.2 Å². The van der Waals surface area contributed by atoms with Crippen LogP contribution in [0.4, 0.5) is 0 Å². The van der Waals surface area contributed by atoms with Crippen molar-refractivity contribution in [2.45, 2.75) is 38.3 Å². The van der Waals surface area contributed by atoms with Gasteiger partial charge >= 0.3 is 0 Å². The third-order valence-electron chi connectivity index (χ3n) is 3.00. The molecule has 0 spiro atoms. The molecule has 9 heteroatoms. The van der Waals surface area contributed by atoms with Crippen molar-refractivity contribution in [3.05, 3.63) is 24.0 Å². The molecule has 0 bridgehead atoms. The summed E-state index contributed by atoms with van der Waals surface area (Å²) in [7, 11) is -1.88. The van der Waals surface area contributed by atoms with Crippen molar-refractivity contribution in [3.8, 4) is 0 Å². The van der Waals surface area contributed by atoms with Gasteiger partial charge in [-0.25, -0.2) is 18.1 Å². The maximum absolute atomic E-state index is 12.4. The molecule has 2 aromatic rings. The lowest BCUT2D eigenvalue weighted by molar-refractivity contribution is 0.492. The van der Waals surface area contributed by atoms with Crippen molar-refractivity contribution < 1.29 is 8.42 Å². The lowest BCUT2D eigenvalue weighted by Gasteiger charge is -2.14. The van der Waals surface area contributed by atoms with Crippen molar-refractivity contribution in [1.29, 1.82) is 0 Å². The molecule has 0 radical (unpaired) electrons. The lowest BCUT2D eigenvalue weighted by atomic mass is 10.4. The fourth-order valence-electron chi connectivity index (χ4n) is 2.11. The van der Waals surface area contributed by atoms with Gasteiger partial charge in [0.05, 0.1) is 17.9 Å². The predicted octanol–water partition coefficient (Wildman–Crippen LogP) is -0.00456.